The second-order valence-electron chi connectivity index (χ2n) is 12.5. The van der Waals surface area contributed by atoms with Gasteiger partial charge < -0.3 is 29.7 Å². The van der Waals surface area contributed by atoms with E-state index in [2.05, 4.69) is 12.2 Å². The zero-order chi connectivity index (χ0) is 31.6. The van der Waals surface area contributed by atoms with E-state index in [0.717, 1.165) is 12.8 Å². The molecule has 0 radical (unpaired) electrons. The van der Waals surface area contributed by atoms with Gasteiger partial charge in [-0.1, -0.05) is 74.9 Å². The van der Waals surface area contributed by atoms with Crippen molar-refractivity contribution in [3.8, 4) is 0 Å². The van der Waals surface area contributed by atoms with Gasteiger partial charge >= 0.3 is 5.97 Å². The number of benzene rings is 1. The minimum Gasteiger partial charge on any atom is -0.455 e. The van der Waals surface area contributed by atoms with E-state index in [9.17, 15) is 24.3 Å². The fourth-order valence-corrected chi connectivity index (χ4v) is 7.41. The highest BCUT2D eigenvalue weighted by molar-refractivity contribution is 5.99. The largest absolute Gasteiger partial charge is 0.455 e. The third kappa shape index (κ3) is 5.58. The minimum absolute atomic E-state index is 0.139. The van der Waals surface area contributed by atoms with Gasteiger partial charge in [0.1, 0.15) is 23.7 Å². The Morgan fingerprint density at radius 2 is 1.84 bits per heavy atom. The second kappa shape index (κ2) is 13.2. The number of carbonyl (C=O) groups is 4. The van der Waals surface area contributed by atoms with Gasteiger partial charge in [0.05, 0.1) is 30.7 Å². The number of nitrogens with zero attached hydrogens (tertiary/aromatic N) is 2. The number of fused-ring (bicyclic) bond motifs is 2. The predicted molar refractivity (Wildman–Crippen MR) is 163 cm³/mol. The maximum Gasteiger partial charge on any atom is 0.313 e. The first-order valence-electron chi connectivity index (χ1n) is 16.0. The Kier molecular flexibility index (Phi) is 9.60. The molecule has 1 aromatic rings. The van der Waals surface area contributed by atoms with Crippen LogP contribution < -0.4 is 5.32 Å². The fraction of sp³-hybridized carbons (Fsp3) is 0.588. The number of hydrogen-bond donors (Lipinski definition) is 2. The van der Waals surface area contributed by atoms with Gasteiger partial charge in [0.15, 0.2) is 0 Å². The van der Waals surface area contributed by atoms with Crippen molar-refractivity contribution in [1.29, 1.82) is 0 Å². The summed E-state index contributed by atoms with van der Waals surface area (Å²) in [5.74, 6) is -3.46. The van der Waals surface area contributed by atoms with E-state index in [1.807, 2.05) is 56.3 Å². The molecule has 10 heteroatoms. The van der Waals surface area contributed by atoms with Crippen molar-refractivity contribution in [3.63, 3.8) is 0 Å². The number of cyclic esters (lactones) is 1. The molecule has 0 aromatic heterocycles. The average molecular weight is 608 g/mol. The van der Waals surface area contributed by atoms with Crippen LogP contribution in [0.3, 0.4) is 0 Å². The van der Waals surface area contributed by atoms with Crippen molar-refractivity contribution >= 4 is 23.7 Å². The molecule has 4 heterocycles. The molecule has 1 unspecified atom stereocenters. The molecule has 238 valence electrons. The molecule has 44 heavy (non-hydrogen) atoms. The Hall–Kier alpha value is -3.50. The van der Waals surface area contributed by atoms with Crippen LogP contribution in [0.4, 0.5) is 0 Å². The van der Waals surface area contributed by atoms with Crippen LogP contribution in [0.15, 0.2) is 54.6 Å². The Balaban J connectivity index is 1.61. The van der Waals surface area contributed by atoms with Gasteiger partial charge in [-0.25, -0.2) is 0 Å². The normalized spacial score (nSPS) is 34.5. The van der Waals surface area contributed by atoms with Gasteiger partial charge in [-0.3, -0.25) is 19.2 Å². The summed E-state index contributed by atoms with van der Waals surface area (Å²) in [7, 11) is 0. The van der Waals surface area contributed by atoms with Crippen molar-refractivity contribution in [2.24, 2.45) is 11.8 Å². The lowest BCUT2D eigenvalue weighted by Crippen LogP contribution is -2.59. The van der Waals surface area contributed by atoms with Crippen LogP contribution in [0.2, 0.25) is 0 Å². The van der Waals surface area contributed by atoms with Crippen molar-refractivity contribution < 1.29 is 33.8 Å². The van der Waals surface area contributed by atoms with Crippen LogP contribution in [0.25, 0.3) is 0 Å². The monoisotopic (exact) mass is 607 g/mol. The molecule has 0 saturated carbocycles. The highest BCUT2D eigenvalue weighted by Crippen LogP contribution is 2.56. The number of ether oxygens (including phenoxy) is 2. The lowest BCUT2D eigenvalue weighted by molar-refractivity contribution is -0.162. The topological polar surface area (TPSA) is 125 Å². The van der Waals surface area contributed by atoms with E-state index in [-0.39, 0.29) is 30.9 Å². The second-order valence-corrected chi connectivity index (χ2v) is 12.5. The van der Waals surface area contributed by atoms with Crippen LogP contribution in [-0.2, 0) is 28.7 Å². The number of likely N-dealkylation sites (tertiary alicyclic amines) is 1. The molecule has 2 saturated heterocycles. The van der Waals surface area contributed by atoms with Gasteiger partial charge in [0, 0.05) is 19.0 Å². The molecule has 1 aromatic carbocycles. The number of esters is 1. The molecular weight excluding hydrogens is 562 g/mol. The number of amides is 3. The Morgan fingerprint density at radius 1 is 1.09 bits per heavy atom. The predicted octanol–water partition coefficient (Wildman–Crippen LogP) is 3.06. The first-order chi connectivity index (χ1) is 21.2. The van der Waals surface area contributed by atoms with Crippen molar-refractivity contribution in [2.45, 2.75) is 102 Å². The number of hydrogen-bond acceptors (Lipinski definition) is 7. The van der Waals surface area contributed by atoms with Gasteiger partial charge in [0.25, 0.3) is 0 Å². The summed E-state index contributed by atoms with van der Waals surface area (Å²) in [4.78, 5) is 59.3. The molecular formula is C34H45N3O7. The molecule has 2 fully saturated rings. The quantitative estimate of drug-likeness (QED) is 0.361. The van der Waals surface area contributed by atoms with Crippen LogP contribution in [0, 0.1) is 11.8 Å². The van der Waals surface area contributed by atoms with Gasteiger partial charge in [-0.2, -0.15) is 0 Å². The Morgan fingerprint density at radius 3 is 2.52 bits per heavy atom. The first-order valence-corrected chi connectivity index (χ1v) is 16.0. The minimum atomic E-state index is -1.37. The third-order valence-electron chi connectivity index (χ3n) is 9.64. The summed E-state index contributed by atoms with van der Waals surface area (Å²) in [6, 6.07) is 6.84. The highest BCUT2D eigenvalue weighted by atomic mass is 16.6. The number of carbonyl (C=O) groups excluding carboxylic acids is 4. The Labute approximate surface area is 259 Å². The summed E-state index contributed by atoms with van der Waals surface area (Å²) in [6.45, 7) is 7.66. The van der Waals surface area contributed by atoms with E-state index in [1.54, 1.807) is 24.0 Å². The molecule has 2 N–H and O–H groups in total. The number of nitrogens with one attached hydrogen (secondary N) is 1. The Bertz CT molecular complexity index is 1290. The summed E-state index contributed by atoms with van der Waals surface area (Å²) in [5.41, 5.74) is -0.658. The summed E-state index contributed by atoms with van der Waals surface area (Å²) in [6.07, 6.45) is 8.51. The van der Waals surface area contributed by atoms with E-state index in [4.69, 9.17) is 9.47 Å². The third-order valence-corrected chi connectivity index (χ3v) is 9.64. The van der Waals surface area contributed by atoms with Crippen LogP contribution in [0.5, 0.6) is 0 Å². The molecule has 4 aliphatic rings. The zero-order valence-electron chi connectivity index (χ0n) is 26.1. The average Bonchev–Trinajstić information content (AvgIpc) is 3.65. The van der Waals surface area contributed by atoms with Gasteiger partial charge in [-0.05, 0) is 38.7 Å². The smallest absolute Gasteiger partial charge is 0.313 e. The van der Waals surface area contributed by atoms with E-state index < -0.39 is 59.6 Å². The number of allylic oxidation sites excluding steroid dienone is 1. The van der Waals surface area contributed by atoms with E-state index >= 15 is 0 Å². The molecule has 3 amide bonds. The molecule has 4 aliphatic heterocycles. The molecule has 1 spiro atoms. The lowest BCUT2D eigenvalue weighted by Gasteiger charge is -2.40. The SMILES string of the molecule is CCCC(C)N1C/C=C\CCC(=O)N[C@H](C)[C@@H](c2ccccc2)OC(=O)[C@@H]2[C@@H]3C=C[C@]4(O3)[C@H](C1=O)N([C@@H](CC)CO)C(=O)[C@@H]24. The van der Waals surface area contributed by atoms with E-state index in [1.165, 1.54) is 4.90 Å². The molecule has 10 nitrogen and oxygen atoms in total. The summed E-state index contributed by atoms with van der Waals surface area (Å²) in [5, 5.41) is 13.3. The molecule has 5 rings (SSSR count). The fourth-order valence-electron chi connectivity index (χ4n) is 7.41. The number of rotatable bonds is 7. The summed E-state index contributed by atoms with van der Waals surface area (Å²) >= 11 is 0. The zero-order valence-corrected chi connectivity index (χ0v) is 26.1. The lowest BCUT2D eigenvalue weighted by atomic mass is 9.74. The summed E-state index contributed by atoms with van der Waals surface area (Å²) < 4.78 is 12.7. The van der Waals surface area contributed by atoms with Crippen molar-refractivity contribution in [3.05, 3.63) is 60.2 Å². The van der Waals surface area contributed by atoms with Crippen LogP contribution >= 0.6 is 0 Å². The number of aliphatic hydroxyl groups excluding tert-OH is 1. The maximum absolute atomic E-state index is 14.7. The molecule has 0 aliphatic carbocycles. The van der Waals surface area contributed by atoms with Gasteiger partial charge in [-0.15, -0.1) is 0 Å². The molecule has 5 bridgehead atoms. The highest BCUT2D eigenvalue weighted by Gasteiger charge is 2.74. The van der Waals surface area contributed by atoms with Crippen molar-refractivity contribution in [2.75, 3.05) is 13.2 Å². The van der Waals surface area contributed by atoms with Crippen LogP contribution in [-0.4, -0.2) is 87.6 Å². The van der Waals surface area contributed by atoms with E-state index in [0.29, 0.717) is 24.9 Å². The van der Waals surface area contributed by atoms with Gasteiger partial charge in [0.2, 0.25) is 17.7 Å². The molecule has 9 atom stereocenters. The van der Waals surface area contributed by atoms with Crippen LogP contribution in [0.1, 0.15) is 71.5 Å². The number of aliphatic hydroxyl groups is 1. The van der Waals surface area contributed by atoms with Crippen molar-refractivity contribution in [1.82, 2.24) is 15.1 Å². The maximum atomic E-state index is 14.7. The standard InChI is InChI=1S/C34H45N3O7/c1-5-13-21(3)36-19-12-8-11-16-26(39)35-22(4)29(23-14-9-7-10-15-23)43-33(42)27-25-17-18-34(44-25)28(27)31(40)37(24(6-2)20-38)30(34)32(36)41/h7-10,12,14-15,17-18,21-22,24-25,27-30,38H,5-6,11,13,16,19-20H2,1-4H3,(H,35,39)/b12-8-/t21?,22-,24+,25+,27-,28-,29+,30+,34-/m1/s1. The first kappa shape index (κ1) is 31.9.